The summed E-state index contributed by atoms with van der Waals surface area (Å²) in [4.78, 5) is 2.33. The monoisotopic (exact) mass is 304 g/mol. The Morgan fingerprint density at radius 2 is 1.57 bits per heavy atom. The van der Waals surface area contributed by atoms with Crippen molar-refractivity contribution in [2.24, 2.45) is 0 Å². The van der Waals surface area contributed by atoms with Crippen LogP contribution >= 0.6 is 0 Å². The minimum atomic E-state index is 0.122. The normalized spacial score (nSPS) is 14.9. The first-order chi connectivity index (χ1) is 11.3. The smallest absolute Gasteiger partial charge is 0.142 e. The van der Waals surface area contributed by atoms with E-state index < -0.39 is 0 Å². The third-order valence-electron chi connectivity index (χ3n) is 4.59. The molecule has 1 aromatic heterocycles. The molecule has 0 N–H and O–H groups in total. The number of aromatic nitrogens is 1. The standard InChI is InChI=1S/C20H20N2O/c1-22-13-12-18-17(14-22)20(21-23-18)19(15-8-4-2-5-9-15)16-10-6-3-7-11-16/h2-11,19H,12-14H2,1H3. The quantitative estimate of drug-likeness (QED) is 0.736. The van der Waals surface area contributed by atoms with E-state index in [0.29, 0.717) is 0 Å². The molecule has 1 aliphatic heterocycles. The van der Waals surface area contributed by atoms with Crippen molar-refractivity contribution in [1.82, 2.24) is 10.1 Å². The van der Waals surface area contributed by atoms with Crippen LogP contribution in [-0.2, 0) is 13.0 Å². The lowest BCUT2D eigenvalue weighted by Crippen LogP contribution is -2.26. The maximum absolute atomic E-state index is 5.68. The molecule has 0 saturated heterocycles. The number of nitrogens with zero attached hydrogens (tertiary/aromatic N) is 2. The second-order valence-electron chi connectivity index (χ2n) is 6.21. The summed E-state index contributed by atoms with van der Waals surface area (Å²) in [6.07, 6.45) is 0.940. The van der Waals surface area contributed by atoms with Crippen molar-refractivity contribution in [3.63, 3.8) is 0 Å². The average Bonchev–Trinajstić information content (AvgIpc) is 3.00. The van der Waals surface area contributed by atoms with Gasteiger partial charge >= 0.3 is 0 Å². The van der Waals surface area contributed by atoms with Crippen molar-refractivity contribution in [1.29, 1.82) is 0 Å². The van der Waals surface area contributed by atoms with E-state index in [0.717, 1.165) is 31.0 Å². The number of benzene rings is 2. The summed E-state index contributed by atoms with van der Waals surface area (Å²) in [6.45, 7) is 1.94. The van der Waals surface area contributed by atoms with E-state index in [1.807, 2.05) is 0 Å². The topological polar surface area (TPSA) is 29.3 Å². The highest BCUT2D eigenvalue weighted by molar-refractivity contribution is 5.44. The zero-order chi connectivity index (χ0) is 15.6. The zero-order valence-electron chi connectivity index (χ0n) is 13.3. The van der Waals surface area contributed by atoms with E-state index in [2.05, 4.69) is 77.8 Å². The van der Waals surface area contributed by atoms with Crippen LogP contribution in [0.25, 0.3) is 0 Å². The van der Waals surface area contributed by atoms with Crippen LogP contribution in [0.4, 0.5) is 0 Å². The van der Waals surface area contributed by atoms with Crippen LogP contribution in [0.5, 0.6) is 0 Å². The summed E-state index contributed by atoms with van der Waals surface area (Å²) in [5.41, 5.74) is 4.83. The third-order valence-corrected chi connectivity index (χ3v) is 4.59. The average molecular weight is 304 g/mol. The van der Waals surface area contributed by atoms with Gasteiger partial charge in [0, 0.05) is 25.1 Å². The Bertz CT molecular complexity index is 740. The van der Waals surface area contributed by atoms with Crippen LogP contribution in [0, 0.1) is 0 Å². The van der Waals surface area contributed by atoms with Crippen molar-refractivity contribution in [3.05, 3.63) is 88.8 Å². The number of likely N-dealkylation sites (N-methyl/N-ethyl adjacent to an activating group) is 1. The van der Waals surface area contributed by atoms with Gasteiger partial charge in [0.1, 0.15) is 11.5 Å². The van der Waals surface area contributed by atoms with Gasteiger partial charge in [0.2, 0.25) is 0 Å². The number of hydrogen-bond donors (Lipinski definition) is 0. The lowest BCUT2D eigenvalue weighted by Gasteiger charge is -2.23. The number of rotatable bonds is 3. The van der Waals surface area contributed by atoms with Crippen molar-refractivity contribution in [2.75, 3.05) is 13.6 Å². The summed E-state index contributed by atoms with van der Waals surface area (Å²) in [6, 6.07) is 21.1. The summed E-state index contributed by atoms with van der Waals surface area (Å²) >= 11 is 0. The highest BCUT2D eigenvalue weighted by Gasteiger charge is 2.28. The van der Waals surface area contributed by atoms with Crippen LogP contribution in [0.1, 0.15) is 34.1 Å². The molecule has 3 aromatic rings. The molecule has 23 heavy (non-hydrogen) atoms. The molecular formula is C20H20N2O. The van der Waals surface area contributed by atoms with Crippen molar-refractivity contribution in [2.45, 2.75) is 18.9 Å². The summed E-state index contributed by atoms with van der Waals surface area (Å²) in [5, 5.41) is 4.48. The Hall–Kier alpha value is -2.39. The van der Waals surface area contributed by atoms with Gasteiger partial charge in [0.25, 0.3) is 0 Å². The fraction of sp³-hybridized carbons (Fsp3) is 0.250. The largest absolute Gasteiger partial charge is 0.361 e. The molecule has 0 amide bonds. The van der Waals surface area contributed by atoms with E-state index in [1.165, 1.54) is 16.7 Å². The Kier molecular flexibility index (Phi) is 3.72. The molecule has 0 spiro atoms. The molecule has 4 rings (SSSR count). The van der Waals surface area contributed by atoms with Crippen molar-refractivity contribution in [3.8, 4) is 0 Å². The number of hydrogen-bond acceptors (Lipinski definition) is 3. The minimum absolute atomic E-state index is 0.122. The van der Waals surface area contributed by atoms with Gasteiger partial charge < -0.3 is 9.42 Å². The Labute approximate surface area is 136 Å². The van der Waals surface area contributed by atoms with Gasteiger partial charge in [-0.3, -0.25) is 0 Å². The molecule has 0 radical (unpaired) electrons. The maximum Gasteiger partial charge on any atom is 0.142 e. The molecule has 0 unspecified atom stereocenters. The van der Waals surface area contributed by atoms with Gasteiger partial charge in [-0.15, -0.1) is 0 Å². The first-order valence-electron chi connectivity index (χ1n) is 8.08. The molecule has 0 fully saturated rings. The fourth-order valence-corrected chi connectivity index (χ4v) is 3.39. The lowest BCUT2D eigenvalue weighted by molar-refractivity contribution is 0.281. The van der Waals surface area contributed by atoms with Crippen LogP contribution in [0.2, 0.25) is 0 Å². The highest BCUT2D eigenvalue weighted by Crippen LogP contribution is 2.35. The molecule has 116 valence electrons. The highest BCUT2D eigenvalue weighted by atomic mass is 16.5. The molecular weight excluding hydrogens is 284 g/mol. The molecule has 0 aliphatic carbocycles. The van der Waals surface area contributed by atoms with Gasteiger partial charge in [-0.05, 0) is 18.2 Å². The summed E-state index contributed by atoms with van der Waals surface area (Å²) in [5.74, 6) is 1.17. The van der Waals surface area contributed by atoms with Gasteiger partial charge in [-0.25, -0.2) is 0 Å². The third kappa shape index (κ3) is 2.68. The molecule has 3 heteroatoms. The van der Waals surface area contributed by atoms with Gasteiger partial charge in [-0.1, -0.05) is 65.8 Å². The van der Waals surface area contributed by atoms with E-state index in [4.69, 9.17) is 4.52 Å². The van der Waals surface area contributed by atoms with E-state index in [-0.39, 0.29) is 5.92 Å². The van der Waals surface area contributed by atoms with E-state index >= 15 is 0 Å². The van der Waals surface area contributed by atoms with Crippen molar-refractivity contribution >= 4 is 0 Å². The van der Waals surface area contributed by atoms with Crippen LogP contribution in [0.3, 0.4) is 0 Å². The summed E-state index contributed by atoms with van der Waals surface area (Å²) < 4.78 is 5.68. The fourth-order valence-electron chi connectivity index (χ4n) is 3.39. The first-order valence-corrected chi connectivity index (χ1v) is 8.08. The van der Waals surface area contributed by atoms with Crippen molar-refractivity contribution < 1.29 is 4.52 Å². The molecule has 1 aliphatic rings. The van der Waals surface area contributed by atoms with Gasteiger partial charge in [0.15, 0.2) is 0 Å². The predicted octanol–water partition coefficient (Wildman–Crippen LogP) is 3.84. The van der Waals surface area contributed by atoms with Gasteiger partial charge in [-0.2, -0.15) is 0 Å². The van der Waals surface area contributed by atoms with E-state index in [9.17, 15) is 0 Å². The Morgan fingerprint density at radius 1 is 0.957 bits per heavy atom. The Balaban J connectivity index is 1.85. The predicted molar refractivity (Wildman–Crippen MR) is 90.4 cm³/mol. The van der Waals surface area contributed by atoms with Crippen LogP contribution in [0.15, 0.2) is 65.2 Å². The van der Waals surface area contributed by atoms with Crippen LogP contribution in [-0.4, -0.2) is 23.6 Å². The van der Waals surface area contributed by atoms with Gasteiger partial charge in [0.05, 0.1) is 5.92 Å². The Morgan fingerprint density at radius 3 is 2.17 bits per heavy atom. The molecule has 3 nitrogen and oxygen atoms in total. The second-order valence-corrected chi connectivity index (χ2v) is 6.21. The zero-order valence-corrected chi connectivity index (χ0v) is 13.3. The SMILES string of the molecule is CN1CCc2onc(C(c3ccccc3)c3ccccc3)c2C1. The first kappa shape index (κ1) is 14.2. The number of fused-ring (bicyclic) bond motifs is 1. The maximum atomic E-state index is 5.68. The van der Waals surface area contributed by atoms with E-state index in [1.54, 1.807) is 0 Å². The molecule has 0 saturated carbocycles. The molecule has 2 heterocycles. The van der Waals surface area contributed by atoms with Crippen LogP contribution < -0.4 is 0 Å². The minimum Gasteiger partial charge on any atom is -0.361 e. The molecule has 0 bridgehead atoms. The molecule has 0 atom stereocenters. The summed E-state index contributed by atoms with van der Waals surface area (Å²) in [7, 11) is 2.15. The second kappa shape index (κ2) is 6.01. The lowest BCUT2D eigenvalue weighted by atomic mass is 9.85. The molecule has 2 aromatic carbocycles.